The maximum absolute atomic E-state index is 12.3. The van der Waals surface area contributed by atoms with E-state index in [9.17, 15) is 19.5 Å². The lowest BCUT2D eigenvalue weighted by molar-refractivity contribution is -0.143. The van der Waals surface area contributed by atoms with Crippen molar-refractivity contribution in [3.05, 3.63) is 75.7 Å². The number of carbonyl (C=O) groups is 3. The minimum Gasteiger partial charge on any atom is -0.481 e. The van der Waals surface area contributed by atoms with Crippen LogP contribution in [-0.4, -0.2) is 47.8 Å². The topological polar surface area (TPSA) is 118 Å². The molecule has 3 aromatic rings. The van der Waals surface area contributed by atoms with Crippen LogP contribution in [0.15, 0.2) is 53.9 Å². The van der Waals surface area contributed by atoms with E-state index in [1.54, 1.807) is 5.38 Å². The third-order valence-electron chi connectivity index (χ3n) is 6.63. The molecule has 9 heteroatoms. The minimum atomic E-state index is -0.879. The van der Waals surface area contributed by atoms with Gasteiger partial charge in [0.25, 0.3) is 5.91 Å². The van der Waals surface area contributed by atoms with Crippen molar-refractivity contribution in [2.45, 2.75) is 25.2 Å². The molecule has 0 aliphatic heterocycles. The Morgan fingerprint density at radius 2 is 1.69 bits per heavy atom. The highest BCUT2D eigenvalue weighted by Crippen LogP contribution is 2.45. The number of thiazole rings is 1. The standard InChI is InChI=1S/C26H25N3O5S/c30-23(28-15-26(10-11-26)24(31)32)21-14-35-22(29-21)9-12-27-25(33)34-13-20-18-7-3-1-5-16(18)17-6-2-4-8-19(17)20/h1-8,14,20H,9-13,15H2,(H,27,33)(H,28,30)(H,31,32). The first-order valence-corrected chi connectivity index (χ1v) is 12.4. The Morgan fingerprint density at radius 3 is 2.31 bits per heavy atom. The molecule has 2 aliphatic rings. The van der Waals surface area contributed by atoms with Gasteiger partial charge in [-0.05, 0) is 35.1 Å². The number of fused-ring (bicyclic) bond motifs is 3. The summed E-state index contributed by atoms with van der Waals surface area (Å²) in [5.74, 6) is -1.26. The molecule has 2 aliphatic carbocycles. The fourth-order valence-electron chi connectivity index (χ4n) is 4.41. The molecule has 2 aromatic carbocycles. The summed E-state index contributed by atoms with van der Waals surface area (Å²) in [5, 5.41) is 17.0. The van der Waals surface area contributed by atoms with Crippen LogP contribution in [0.4, 0.5) is 4.79 Å². The van der Waals surface area contributed by atoms with Gasteiger partial charge in [0, 0.05) is 30.8 Å². The molecule has 1 aromatic heterocycles. The molecule has 2 amide bonds. The zero-order valence-corrected chi connectivity index (χ0v) is 19.8. The van der Waals surface area contributed by atoms with Gasteiger partial charge in [-0.15, -0.1) is 11.3 Å². The van der Waals surface area contributed by atoms with E-state index >= 15 is 0 Å². The maximum atomic E-state index is 12.3. The van der Waals surface area contributed by atoms with E-state index < -0.39 is 17.5 Å². The fraction of sp³-hybridized carbons (Fsp3) is 0.308. The van der Waals surface area contributed by atoms with E-state index in [2.05, 4.69) is 39.9 Å². The lowest BCUT2D eigenvalue weighted by atomic mass is 9.98. The number of carboxylic acid groups (broad SMARTS) is 1. The fourth-order valence-corrected chi connectivity index (χ4v) is 5.19. The van der Waals surface area contributed by atoms with Crippen molar-refractivity contribution in [1.29, 1.82) is 0 Å². The zero-order chi connectivity index (χ0) is 24.4. The van der Waals surface area contributed by atoms with Gasteiger partial charge in [-0.1, -0.05) is 48.5 Å². The number of aromatic nitrogens is 1. The van der Waals surface area contributed by atoms with Crippen LogP contribution < -0.4 is 10.6 Å². The molecule has 0 atom stereocenters. The summed E-state index contributed by atoms with van der Waals surface area (Å²) in [5.41, 5.74) is 4.11. The third kappa shape index (κ3) is 4.77. The molecular formula is C26H25N3O5S. The zero-order valence-electron chi connectivity index (χ0n) is 19.0. The first-order chi connectivity index (χ1) is 17.0. The van der Waals surface area contributed by atoms with E-state index in [1.807, 2.05) is 24.3 Å². The summed E-state index contributed by atoms with van der Waals surface area (Å²) in [6, 6.07) is 16.3. The van der Waals surface area contributed by atoms with Gasteiger partial charge in [0.05, 0.1) is 10.4 Å². The van der Waals surface area contributed by atoms with Crippen LogP contribution in [0.3, 0.4) is 0 Å². The predicted octanol–water partition coefficient (Wildman–Crippen LogP) is 3.82. The van der Waals surface area contributed by atoms with Gasteiger partial charge < -0.3 is 20.5 Å². The van der Waals surface area contributed by atoms with Gasteiger partial charge in [-0.3, -0.25) is 9.59 Å². The second-order valence-electron chi connectivity index (χ2n) is 8.90. The Balaban J connectivity index is 1.08. The molecule has 1 fully saturated rings. The number of rotatable bonds is 9. The number of carbonyl (C=O) groups excluding carboxylic acids is 2. The van der Waals surface area contributed by atoms with Crippen LogP contribution in [-0.2, 0) is 16.0 Å². The Labute approximate surface area is 206 Å². The number of benzene rings is 2. The van der Waals surface area contributed by atoms with Gasteiger partial charge in [0.1, 0.15) is 12.3 Å². The molecule has 1 heterocycles. The normalized spacial score (nSPS) is 15.1. The monoisotopic (exact) mass is 491 g/mol. The van der Waals surface area contributed by atoms with Crippen LogP contribution >= 0.6 is 11.3 Å². The number of carboxylic acids is 1. The number of amides is 2. The van der Waals surface area contributed by atoms with Crippen molar-refractivity contribution in [1.82, 2.24) is 15.6 Å². The van der Waals surface area contributed by atoms with Crippen molar-refractivity contribution >= 4 is 29.3 Å². The second kappa shape index (κ2) is 9.50. The summed E-state index contributed by atoms with van der Waals surface area (Å²) in [7, 11) is 0. The number of hydrogen-bond donors (Lipinski definition) is 3. The number of hydrogen-bond acceptors (Lipinski definition) is 6. The van der Waals surface area contributed by atoms with Crippen LogP contribution in [0, 0.1) is 5.41 Å². The summed E-state index contributed by atoms with van der Waals surface area (Å²) in [6.07, 6.45) is 1.12. The van der Waals surface area contributed by atoms with Gasteiger partial charge in [-0.25, -0.2) is 9.78 Å². The van der Waals surface area contributed by atoms with E-state index in [0.717, 1.165) is 11.1 Å². The average molecular weight is 492 g/mol. The molecule has 0 unspecified atom stereocenters. The Kier molecular flexibility index (Phi) is 6.25. The first-order valence-electron chi connectivity index (χ1n) is 11.5. The summed E-state index contributed by atoms with van der Waals surface area (Å²) >= 11 is 1.32. The number of nitrogens with one attached hydrogen (secondary N) is 2. The molecule has 0 saturated heterocycles. The molecule has 0 bridgehead atoms. The molecule has 35 heavy (non-hydrogen) atoms. The van der Waals surface area contributed by atoms with Gasteiger partial charge >= 0.3 is 12.1 Å². The third-order valence-corrected chi connectivity index (χ3v) is 7.54. The van der Waals surface area contributed by atoms with E-state index in [-0.39, 0.29) is 30.7 Å². The van der Waals surface area contributed by atoms with Crippen LogP contribution in [0.2, 0.25) is 0 Å². The molecule has 0 radical (unpaired) electrons. The molecule has 1 saturated carbocycles. The van der Waals surface area contributed by atoms with Crippen LogP contribution in [0.1, 0.15) is 45.4 Å². The summed E-state index contributed by atoms with van der Waals surface area (Å²) < 4.78 is 5.53. The molecule has 180 valence electrons. The molecule has 5 rings (SSSR count). The highest BCUT2D eigenvalue weighted by atomic mass is 32.1. The largest absolute Gasteiger partial charge is 0.481 e. The Bertz CT molecular complexity index is 1240. The Morgan fingerprint density at radius 1 is 1.03 bits per heavy atom. The van der Waals surface area contributed by atoms with Crippen molar-refractivity contribution in [3.63, 3.8) is 0 Å². The maximum Gasteiger partial charge on any atom is 0.407 e. The average Bonchev–Trinajstić information content (AvgIpc) is 3.41. The number of alkyl carbamates (subject to hydrolysis) is 1. The van der Waals surface area contributed by atoms with E-state index in [0.29, 0.717) is 30.8 Å². The van der Waals surface area contributed by atoms with Crippen LogP contribution in [0.25, 0.3) is 11.1 Å². The Hall–Kier alpha value is -3.72. The van der Waals surface area contributed by atoms with Gasteiger partial charge in [0.2, 0.25) is 0 Å². The van der Waals surface area contributed by atoms with Crippen molar-refractivity contribution in [3.8, 4) is 11.1 Å². The van der Waals surface area contributed by atoms with Crippen LogP contribution in [0.5, 0.6) is 0 Å². The highest BCUT2D eigenvalue weighted by molar-refractivity contribution is 7.09. The molecule has 0 spiro atoms. The first kappa shape index (κ1) is 23.0. The smallest absolute Gasteiger partial charge is 0.407 e. The quantitative estimate of drug-likeness (QED) is 0.419. The second-order valence-corrected chi connectivity index (χ2v) is 9.84. The lowest BCUT2D eigenvalue weighted by Crippen LogP contribution is -2.34. The summed E-state index contributed by atoms with van der Waals surface area (Å²) in [4.78, 5) is 40.1. The van der Waals surface area contributed by atoms with Crippen molar-refractivity contribution in [2.75, 3.05) is 19.7 Å². The lowest BCUT2D eigenvalue weighted by Gasteiger charge is -2.14. The predicted molar refractivity (Wildman–Crippen MR) is 131 cm³/mol. The summed E-state index contributed by atoms with van der Waals surface area (Å²) in [6.45, 7) is 0.685. The van der Waals surface area contributed by atoms with Crippen molar-refractivity contribution < 1.29 is 24.2 Å². The molecule has 8 nitrogen and oxygen atoms in total. The molecular weight excluding hydrogens is 466 g/mol. The number of ether oxygens (including phenoxy) is 1. The number of nitrogens with zero attached hydrogens (tertiary/aromatic N) is 1. The van der Waals surface area contributed by atoms with Crippen molar-refractivity contribution in [2.24, 2.45) is 5.41 Å². The molecule has 3 N–H and O–H groups in total. The SMILES string of the molecule is O=C(NCCc1nc(C(=O)NCC2(C(=O)O)CC2)cs1)OCC1c2ccccc2-c2ccccc21. The van der Waals surface area contributed by atoms with E-state index in [4.69, 9.17) is 4.74 Å². The van der Waals surface area contributed by atoms with E-state index in [1.165, 1.54) is 22.5 Å². The van der Waals surface area contributed by atoms with Gasteiger partial charge in [-0.2, -0.15) is 0 Å². The highest BCUT2D eigenvalue weighted by Gasteiger charge is 2.50. The van der Waals surface area contributed by atoms with Gasteiger partial charge in [0.15, 0.2) is 0 Å². The number of aliphatic carboxylic acids is 1. The minimum absolute atomic E-state index is 0.00378.